The number of thiazole rings is 1. The van der Waals surface area contributed by atoms with E-state index in [0.717, 1.165) is 11.6 Å². The van der Waals surface area contributed by atoms with Gasteiger partial charge in [-0.15, -0.1) is 22.7 Å². The number of rotatable bonds is 6. The van der Waals surface area contributed by atoms with Crippen molar-refractivity contribution in [1.82, 2.24) is 20.5 Å². The minimum Gasteiger partial charge on any atom is -0.353 e. The van der Waals surface area contributed by atoms with Gasteiger partial charge in [-0.2, -0.15) is 0 Å². The van der Waals surface area contributed by atoms with Gasteiger partial charge in [0.15, 0.2) is 0 Å². The molecule has 0 saturated carbocycles. The van der Waals surface area contributed by atoms with E-state index in [1.54, 1.807) is 17.5 Å². The zero-order valence-corrected chi connectivity index (χ0v) is 15.0. The van der Waals surface area contributed by atoms with Crippen LogP contribution >= 0.6 is 22.7 Å². The SMILES string of the molecule is CN1CCNC(=O)[C@@H]1CC(=O)N[C@@H](Cc1cccs1)c1nccs1. The molecule has 6 nitrogen and oxygen atoms in total. The molecule has 0 radical (unpaired) electrons. The zero-order chi connectivity index (χ0) is 16.9. The first kappa shape index (κ1) is 17.1. The molecular weight excluding hydrogens is 344 g/mol. The average Bonchev–Trinajstić information content (AvgIpc) is 3.23. The van der Waals surface area contributed by atoms with Crippen molar-refractivity contribution in [3.8, 4) is 0 Å². The van der Waals surface area contributed by atoms with Crippen molar-refractivity contribution in [2.75, 3.05) is 20.1 Å². The van der Waals surface area contributed by atoms with Crippen LogP contribution in [0.3, 0.4) is 0 Å². The number of aromatic nitrogens is 1. The van der Waals surface area contributed by atoms with E-state index in [2.05, 4.69) is 21.7 Å². The van der Waals surface area contributed by atoms with Gasteiger partial charge >= 0.3 is 0 Å². The van der Waals surface area contributed by atoms with E-state index >= 15 is 0 Å². The van der Waals surface area contributed by atoms with Crippen LogP contribution in [0.4, 0.5) is 0 Å². The summed E-state index contributed by atoms with van der Waals surface area (Å²) in [6, 6.07) is 3.49. The van der Waals surface area contributed by atoms with Crippen LogP contribution in [-0.4, -0.2) is 47.9 Å². The molecular formula is C16H20N4O2S2. The molecule has 128 valence electrons. The van der Waals surface area contributed by atoms with Gasteiger partial charge in [0.2, 0.25) is 11.8 Å². The maximum Gasteiger partial charge on any atom is 0.237 e. The van der Waals surface area contributed by atoms with E-state index in [9.17, 15) is 9.59 Å². The molecule has 1 saturated heterocycles. The van der Waals surface area contributed by atoms with Crippen molar-refractivity contribution >= 4 is 34.5 Å². The largest absolute Gasteiger partial charge is 0.353 e. The predicted molar refractivity (Wildman–Crippen MR) is 95.1 cm³/mol. The standard InChI is InChI=1S/C16H20N4O2S2/c1-20-6-4-17-15(22)13(20)10-14(21)19-12(16-18-5-8-24-16)9-11-3-2-7-23-11/h2-3,5,7-8,12-13H,4,6,9-10H2,1H3,(H,17,22)(H,19,21)/t12-,13-/m0/s1. The first-order chi connectivity index (χ1) is 11.6. The third kappa shape index (κ3) is 4.19. The number of hydrogen-bond donors (Lipinski definition) is 2. The highest BCUT2D eigenvalue weighted by Gasteiger charge is 2.30. The van der Waals surface area contributed by atoms with Gasteiger partial charge in [-0.25, -0.2) is 4.98 Å². The van der Waals surface area contributed by atoms with Crippen LogP contribution in [0.1, 0.15) is 22.3 Å². The summed E-state index contributed by atoms with van der Waals surface area (Å²) in [6.07, 6.45) is 2.62. The topological polar surface area (TPSA) is 74.3 Å². The first-order valence-electron chi connectivity index (χ1n) is 7.82. The Bertz CT molecular complexity index is 672. The molecule has 0 bridgehead atoms. The molecule has 0 aromatic carbocycles. The van der Waals surface area contributed by atoms with Crippen molar-refractivity contribution in [3.63, 3.8) is 0 Å². The minimum absolute atomic E-state index is 0.0806. The highest BCUT2D eigenvalue weighted by atomic mass is 32.1. The smallest absolute Gasteiger partial charge is 0.237 e. The maximum atomic E-state index is 12.5. The van der Waals surface area contributed by atoms with Gasteiger partial charge in [0.05, 0.1) is 18.5 Å². The van der Waals surface area contributed by atoms with Gasteiger partial charge < -0.3 is 10.6 Å². The number of amides is 2. The molecule has 1 fully saturated rings. The summed E-state index contributed by atoms with van der Waals surface area (Å²) < 4.78 is 0. The van der Waals surface area contributed by atoms with Crippen LogP contribution in [0, 0.1) is 0 Å². The number of nitrogens with zero attached hydrogens (tertiary/aromatic N) is 2. The van der Waals surface area contributed by atoms with E-state index in [1.807, 2.05) is 28.8 Å². The molecule has 0 spiro atoms. The molecule has 1 aliphatic rings. The molecule has 8 heteroatoms. The lowest BCUT2D eigenvalue weighted by atomic mass is 10.1. The number of hydrogen-bond acceptors (Lipinski definition) is 6. The Kier molecular flexibility index (Phi) is 5.60. The van der Waals surface area contributed by atoms with Crippen molar-refractivity contribution < 1.29 is 9.59 Å². The van der Waals surface area contributed by atoms with Gasteiger partial charge in [0.1, 0.15) is 5.01 Å². The van der Waals surface area contributed by atoms with Crippen LogP contribution in [-0.2, 0) is 16.0 Å². The highest BCUT2D eigenvalue weighted by molar-refractivity contribution is 7.10. The molecule has 3 rings (SSSR count). The summed E-state index contributed by atoms with van der Waals surface area (Å²) in [5.74, 6) is -0.205. The molecule has 24 heavy (non-hydrogen) atoms. The van der Waals surface area contributed by atoms with E-state index in [-0.39, 0.29) is 24.3 Å². The minimum atomic E-state index is -0.405. The maximum absolute atomic E-state index is 12.5. The Labute approximate surface area is 148 Å². The van der Waals surface area contributed by atoms with E-state index in [4.69, 9.17) is 0 Å². The van der Waals surface area contributed by atoms with Gasteiger partial charge in [0, 0.05) is 36.0 Å². The Morgan fingerprint density at radius 1 is 1.50 bits per heavy atom. The summed E-state index contributed by atoms with van der Waals surface area (Å²) >= 11 is 3.20. The van der Waals surface area contributed by atoms with Crippen molar-refractivity contribution in [2.24, 2.45) is 0 Å². The molecule has 2 N–H and O–H groups in total. The van der Waals surface area contributed by atoms with Gasteiger partial charge in [-0.1, -0.05) is 6.07 Å². The fourth-order valence-corrected chi connectivity index (χ4v) is 4.18. The fraction of sp³-hybridized carbons (Fsp3) is 0.438. The zero-order valence-electron chi connectivity index (χ0n) is 13.4. The Morgan fingerprint density at radius 3 is 3.04 bits per heavy atom. The quantitative estimate of drug-likeness (QED) is 0.813. The lowest BCUT2D eigenvalue weighted by Gasteiger charge is -2.31. The van der Waals surface area contributed by atoms with Crippen molar-refractivity contribution in [2.45, 2.75) is 24.9 Å². The molecule has 0 aliphatic carbocycles. The lowest BCUT2D eigenvalue weighted by molar-refractivity contribution is -0.133. The van der Waals surface area contributed by atoms with Crippen LogP contribution in [0.15, 0.2) is 29.1 Å². The third-order valence-corrected chi connectivity index (χ3v) is 5.84. The summed E-state index contributed by atoms with van der Waals surface area (Å²) in [5, 5.41) is 10.7. The van der Waals surface area contributed by atoms with Crippen LogP contribution in [0.25, 0.3) is 0 Å². The Balaban J connectivity index is 1.65. The van der Waals surface area contributed by atoms with Gasteiger partial charge in [-0.3, -0.25) is 14.5 Å². The average molecular weight is 364 g/mol. The van der Waals surface area contributed by atoms with Gasteiger partial charge in [-0.05, 0) is 18.5 Å². The normalized spacial score (nSPS) is 19.7. The lowest BCUT2D eigenvalue weighted by Crippen LogP contribution is -2.55. The summed E-state index contributed by atoms with van der Waals surface area (Å²) in [5.41, 5.74) is 0. The van der Waals surface area contributed by atoms with E-state index in [1.165, 1.54) is 16.2 Å². The molecule has 3 heterocycles. The monoisotopic (exact) mass is 364 g/mol. The van der Waals surface area contributed by atoms with Crippen LogP contribution in [0.2, 0.25) is 0 Å². The Hall–Kier alpha value is -1.77. The molecule has 1 aliphatic heterocycles. The third-order valence-electron chi connectivity index (χ3n) is 4.05. The van der Waals surface area contributed by atoms with E-state index < -0.39 is 6.04 Å². The number of piperazine rings is 1. The van der Waals surface area contributed by atoms with Crippen LogP contribution in [0.5, 0.6) is 0 Å². The highest BCUT2D eigenvalue weighted by Crippen LogP contribution is 2.23. The van der Waals surface area contributed by atoms with E-state index in [0.29, 0.717) is 13.0 Å². The fourth-order valence-electron chi connectivity index (χ4n) is 2.74. The first-order valence-corrected chi connectivity index (χ1v) is 9.58. The number of thiophene rings is 1. The summed E-state index contributed by atoms with van der Waals surface area (Å²) in [6.45, 7) is 1.39. The van der Waals surface area contributed by atoms with Crippen LogP contribution < -0.4 is 10.6 Å². The second-order valence-corrected chi connectivity index (χ2v) is 7.72. The molecule has 0 unspecified atom stereocenters. The molecule has 2 atom stereocenters. The van der Waals surface area contributed by atoms with Crippen molar-refractivity contribution in [3.05, 3.63) is 39.0 Å². The second kappa shape index (κ2) is 7.87. The molecule has 2 amide bonds. The summed E-state index contributed by atoms with van der Waals surface area (Å²) in [7, 11) is 1.88. The second-order valence-electron chi connectivity index (χ2n) is 5.77. The number of nitrogens with one attached hydrogen (secondary N) is 2. The summed E-state index contributed by atoms with van der Waals surface area (Å²) in [4.78, 5) is 31.9. The predicted octanol–water partition coefficient (Wildman–Crippen LogP) is 1.42. The molecule has 2 aromatic heterocycles. The number of carbonyl (C=O) groups excluding carboxylic acids is 2. The van der Waals surface area contributed by atoms with Crippen molar-refractivity contribution in [1.29, 1.82) is 0 Å². The number of likely N-dealkylation sites (N-methyl/N-ethyl adjacent to an activating group) is 1. The number of carbonyl (C=O) groups is 2. The van der Waals surface area contributed by atoms with Gasteiger partial charge in [0.25, 0.3) is 0 Å². The molecule has 2 aromatic rings. The Morgan fingerprint density at radius 2 is 2.38 bits per heavy atom.